The Balaban J connectivity index is 1.66. The molecular formula is C18H27N5S. The molecule has 2 rings (SSSR count). The zero-order valence-electron chi connectivity index (χ0n) is 14.5. The summed E-state index contributed by atoms with van der Waals surface area (Å²) in [5, 5.41) is 10.9. The van der Waals surface area contributed by atoms with E-state index in [0.29, 0.717) is 0 Å². The maximum absolute atomic E-state index is 4.64. The summed E-state index contributed by atoms with van der Waals surface area (Å²) < 4.78 is 1.84. The number of nitrogens with zero attached hydrogens (tertiary/aromatic N) is 3. The van der Waals surface area contributed by atoms with Crippen molar-refractivity contribution < 1.29 is 0 Å². The summed E-state index contributed by atoms with van der Waals surface area (Å²) in [7, 11) is 1.95. The lowest BCUT2D eigenvalue weighted by Gasteiger charge is -2.11. The van der Waals surface area contributed by atoms with Crippen LogP contribution in [0, 0.1) is 0 Å². The van der Waals surface area contributed by atoms with Crippen molar-refractivity contribution in [3.05, 3.63) is 48.3 Å². The van der Waals surface area contributed by atoms with E-state index in [1.54, 1.807) is 0 Å². The monoisotopic (exact) mass is 345 g/mol. The molecule has 1 aromatic carbocycles. The SMILES string of the molecule is CCNC(=NCCCc1cnn(C)c1)NCCSc1ccccc1. The van der Waals surface area contributed by atoms with Gasteiger partial charge in [0.15, 0.2) is 5.96 Å². The molecule has 0 unspecified atom stereocenters. The van der Waals surface area contributed by atoms with Gasteiger partial charge in [-0.05, 0) is 37.5 Å². The number of guanidine groups is 1. The van der Waals surface area contributed by atoms with Gasteiger partial charge in [0.1, 0.15) is 0 Å². The van der Waals surface area contributed by atoms with Crippen molar-refractivity contribution in [3.63, 3.8) is 0 Å². The van der Waals surface area contributed by atoms with Gasteiger partial charge in [0.25, 0.3) is 0 Å². The summed E-state index contributed by atoms with van der Waals surface area (Å²) in [6.45, 7) is 4.68. The minimum Gasteiger partial charge on any atom is -0.357 e. The van der Waals surface area contributed by atoms with E-state index in [4.69, 9.17) is 0 Å². The predicted octanol–water partition coefficient (Wildman–Crippen LogP) is 2.70. The van der Waals surface area contributed by atoms with Crippen LogP contribution in [0.15, 0.2) is 52.6 Å². The Hall–Kier alpha value is -1.95. The van der Waals surface area contributed by atoms with Crippen LogP contribution in [0.3, 0.4) is 0 Å². The number of benzene rings is 1. The van der Waals surface area contributed by atoms with Crippen molar-refractivity contribution >= 4 is 17.7 Å². The minimum atomic E-state index is 0.816. The second-order valence-corrected chi connectivity index (χ2v) is 6.64. The minimum absolute atomic E-state index is 0.816. The third-order valence-corrected chi connectivity index (χ3v) is 4.42. The fourth-order valence-corrected chi connectivity index (χ4v) is 3.06. The van der Waals surface area contributed by atoms with Gasteiger partial charge in [-0.3, -0.25) is 9.67 Å². The maximum Gasteiger partial charge on any atom is 0.191 e. The highest BCUT2D eigenvalue weighted by Crippen LogP contribution is 2.15. The fraction of sp³-hybridized carbons (Fsp3) is 0.444. The van der Waals surface area contributed by atoms with Crippen molar-refractivity contribution in [2.75, 3.05) is 25.4 Å². The molecule has 2 N–H and O–H groups in total. The number of thioether (sulfide) groups is 1. The zero-order valence-corrected chi connectivity index (χ0v) is 15.4. The van der Waals surface area contributed by atoms with Gasteiger partial charge in [-0.1, -0.05) is 18.2 Å². The van der Waals surface area contributed by atoms with E-state index < -0.39 is 0 Å². The summed E-state index contributed by atoms with van der Waals surface area (Å²) >= 11 is 1.85. The molecular weight excluding hydrogens is 318 g/mol. The zero-order chi connectivity index (χ0) is 17.0. The van der Waals surface area contributed by atoms with Crippen LogP contribution >= 0.6 is 11.8 Å². The summed E-state index contributed by atoms with van der Waals surface area (Å²) in [5.41, 5.74) is 1.27. The summed E-state index contributed by atoms with van der Waals surface area (Å²) in [6.07, 6.45) is 6.03. The molecule has 0 saturated carbocycles. The molecule has 0 radical (unpaired) electrons. The second-order valence-electron chi connectivity index (χ2n) is 5.47. The van der Waals surface area contributed by atoms with Gasteiger partial charge in [0, 0.05) is 43.5 Å². The Morgan fingerprint density at radius 3 is 2.79 bits per heavy atom. The molecule has 6 heteroatoms. The Bertz CT molecular complexity index is 609. The van der Waals surface area contributed by atoms with E-state index >= 15 is 0 Å². The smallest absolute Gasteiger partial charge is 0.191 e. The van der Waals surface area contributed by atoms with E-state index in [1.165, 1.54) is 10.5 Å². The van der Waals surface area contributed by atoms with Crippen LogP contribution in [-0.2, 0) is 13.5 Å². The lowest BCUT2D eigenvalue weighted by Crippen LogP contribution is -2.38. The molecule has 0 fully saturated rings. The molecule has 0 atom stereocenters. The highest BCUT2D eigenvalue weighted by Gasteiger charge is 1.99. The Morgan fingerprint density at radius 2 is 2.08 bits per heavy atom. The van der Waals surface area contributed by atoms with Crippen LogP contribution in [0.5, 0.6) is 0 Å². The van der Waals surface area contributed by atoms with E-state index in [-0.39, 0.29) is 0 Å². The van der Waals surface area contributed by atoms with E-state index in [1.807, 2.05) is 35.8 Å². The fourth-order valence-electron chi connectivity index (χ4n) is 2.27. The number of nitrogens with one attached hydrogen (secondary N) is 2. The normalized spacial score (nSPS) is 11.5. The van der Waals surface area contributed by atoms with E-state index in [9.17, 15) is 0 Å². The molecule has 0 spiro atoms. The predicted molar refractivity (Wildman–Crippen MR) is 103 cm³/mol. The molecule has 0 aliphatic heterocycles. The van der Waals surface area contributed by atoms with Gasteiger partial charge in [-0.2, -0.15) is 5.10 Å². The first kappa shape index (κ1) is 18.4. The van der Waals surface area contributed by atoms with Gasteiger partial charge in [0.05, 0.1) is 6.20 Å². The van der Waals surface area contributed by atoms with Crippen molar-refractivity contribution in [3.8, 4) is 0 Å². The molecule has 0 bridgehead atoms. The second kappa shape index (κ2) is 10.8. The molecule has 1 heterocycles. The third-order valence-electron chi connectivity index (χ3n) is 3.40. The van der Waals surface area contributed by atoms with Crippen molar-refractivity contribution in [2.24, 2.45) is 12.0 Å². The van der Waals surface area contributed by atoms with Gasteiger partial charge in [0.2, 0.25) is 0 Å². The van der Waals surface area contributed by atoms with Crippen molar-refractivity contribution in [1.82, 2.24) is 20.4 Å². The molecule has 0 aliphatic carbocycles. The quantitative estimate of drug-likeness (QED) is 0.318. The molecule has 5 nitrogen and oxygen atoms in total. The summed E-state index contributed by atoms with van der Waals surface area (Å²) in [4.78, 5) is 5.94. The molecule has 0 aliphatic rings. The number of aromatic nitrogens is 2. The van der Waals surface area contributed by atoms with Crippen LogP contribution in [0.2, 0.25) is 0 Å². The lowest BCUT2D eigenvalue weighted by atomic mass is 10.2. The molecule has 130 valence electrons. The maximum atomic E-state index is 4.64. The van der Waals surface area contributed by atoms with Crippen LogP contribution in [-0.4, -0.2) is 41.1 Å². The number of rotatable bonds is 9. The molecule has 1 aromatic heterocycles. The summed E-state index contributed by atoms with van der Waals surface area (Å²) in [6, 6.07) is 10.5. The first-order valence-electron chi connectivity index (χ1n) is 8.45. The van der Waals surface area contributed by atoms with Gasteiger partial charge < -0.3 is 10.6 Å². The Labute approximate surface area is 148 Å². The van der Waals surface area contributed by atoms with Crippen molar-refractivity contribution in [1.29, 1.82) is 0 Å². The molecule has 0 amide bonds. The Morgan fingerprint density at radius 1 is 1.25 bits per heavy atom. The standard InChI is InChI=1S/C18H27N5S/c1-3-19-18(20-11-7-8-16-14-22-23(2)15-16)21-12-13-24-17-9-5-4-6-10-17/h4-6,9-10,14-15H,3,7-8,11-13H2,1-2H3,(H2,19,20,21). The van der Waals surface area contributed by atoms with Crippen molar-refractivity contribution in [2.45, 2.75) is 24.7 Å². The molecule has 2 aromatic rings. The number of hydrogen-bond donors (Lipinski definition) is 2. The van der Waals surface area contributed by atoms with Gasteiger partial charge >= 0.3 is 0 Å². The van der Waals surface area contributed by atoms with Gasteiger partial charge in [-0.25, -0.2) is 0 Å². The number of aliphatic imine (C=N–C) groups is 1. The summed E-state index contributed by atoms with van der Waals surface area (Å²) in [5.74, 6) is 1.92. The highest BCUT2D eigenvalue weighted by atomic mass is 32.2. The van der Waals surface area contributed by atoms with E-state index in [2.05, 4.69) is 58.1 Å². The topological polar surface area (TPSA) is 54.2 Å². The highest BCUT2D eigenvalue weighted by molar-refractivity contribution is 7.99. The van der Waals surface area contributed by atoms with Crippen LogP contribution in [0.4, 0.5) is 0 Å². The average Bonchev–Trinajstić information content (AvgIpc) is 3.01. The van der Waals surface area contributed by atoms with Crippen LogP contribution in [0.25, 0.3) is 0 Å². The Kier molecular flexibility index (Phi) is 8.24. The third kappa shape index (κ3) is 7.08. The largest absolute Gasteiger partial charge is 0.357 e. The lowest BCUT2D eigenvalue weighted by molar-refractivity contribution is 0.764. The van der Waals surface area contributed by atoms with E-state index in [0.717, 1.165) is 44.2 Å². The van der Waals surface area contributed by atoms with Crippen LogP contribution in [0.1, 0.15) is 18.9 Å². The van der Waals surface area contributed by atoms with Crippen LogP contribution < -0.4 is 10.6 Å². The first-order valence-corrected chi connectivity index (χ1v) is 9.44. The first-order chi connectivity index (χ1) is 11.8. The average molecular weight is 346 g/mol. The number of hydrogen-bond acceptors (Lipinski definition) is 3. The molecule has 24 heavy (non-hydrogen) atoms. The van der Waals surface area contributed by atoms with Gasteiger partial charge in [-0.15, -0.1) is 11.8 Å². The number of aryl methyl sites for hydroxylation is 2. The molecule has 0 saturated heterocycles.